The van der Waals surface area contributed by atoms with Crippen molar-refractivity contribution in [1.82, 2.24) is 19.6 Å². The summed E-state index contributed by atoms with van der Waals surface area (Å²) in [5.41, 5.74) is 5.39. The third-order valence-electron chi connectivity index (χ3n) is 7.15. The van der Waals surface area contributed by atoms with Gasteiger partial charge in [-0.2, -0.15) is 16.4 Å². The number of carbonyl (C=O) groups is 1. The summed E-state index contributed by atoms with van der Waals surface area (Å²) in [5.74, 6) is 0.786. The standard InChI is InChI=1S/C25H28N4OS/c1-17-22-23(19-7-8-19)28(20-9-12-27(13-10-20)15-18-11-14-31-16-18)25(30)24(22)29(26-17)21-5-3-2-4-6-21/h2-6,11,14,16,19-20,23H,7-10,12-13,15H2,1H3. The Hall–Kier alpha value is -2.44. The van der Waals surface area contributed by atoms with Crippen LogP contribution in [0.3, 0.4) is 0 Å². The highest BCUT2D eigenvalue weighted by molar-refractivity contribution is 7.07. The fourth-order valence-electron chi connectivity index (χ4n) is 5.51. The van der Waals surface area contributed by atoms with E-state index in [9.17, 15) is 4.79 Å². The lowest BCUT2D eigenvalue weighted by atomic mass is 9.98. The van der Waals surface area contributed by atoms with E-state index in [1.165, 1.54) is 24.0 Å². The highest BCUT2D eigenvalue weighted by Gasteiger charge is 2.51. The summed E-state index contributed by atoms with van der Waals surface area (Å²) in [6.07, 6.45) is 4.56. The molecule has 2 aromatic heterocycles. The number of nitrogens with zero attached hydrogens (tertiary/aromatic N) is 4. The maximum absolute atomic E-state index is 13.8. The summed E-state index contributed by atoms with van der Waals surface area (Å²) >= 11 is 1.77. The molecule has 5 nitrogen and oxygen atoms in total. The van der Waals surface area contributed by atoms with Crippen molar-refractivity contribution < 1.29 is 4.79 Å². The van der Waals surface area contributed by atoms with Gasteiger partial charge in [0.15, 0.2) is 0 Å². The molecule has 6 heteroatoms. The van der Waals surface area contributed by atoms with E-state index in [1.807, 2.05) is 35.0 Å². The molecule has 1 amide bonds. The molecule has 3 aliphatic rings. The van der Waals surface area contributed by atoms with Crippen LogP contribution >= 0.6 is 11.3 Å². The molecule has 1 saturated heterocycles. The van der Waals surface area contributed by atoms with Gasteiger partial charge in [0, 0.05) is 31.2 Å². The Balaban J connectivity index is 1.28. The Labute approximate surface area is 187 Å². The van der Waals surface area contributed by atoms with Crippen LogP contribution in [-0.2, 0) is 6.54 Å². The minimum absolute atomic E-state index is 0.188. The second kappa shape index (κ2) is 7.61. The van der Waals surface area contributed by atoms with E-state index < -0.39 is 0 Å². The van der Waals surface area contributed by atoms with E-state index in [2.05, 4.69) is 33.6 Å². The van der Waals surface area contributed by atoms with Crippen molar-refractivity contribution in [2.45, 2.75) is 51.2 Å². The Morgan fingerprint density at radius 3 is 2.52 bits per heavy atom. The Bertz CT molecular complexity index is 1080. The van der Waals surface area contributed by atoms with Crippen molar-refractivity contribution >= 4 is 17.2 Å². The van der Waals surface area contributed by atoms with Crippen LogP contribution in [0.5, 0.6) is 0 Å². The van der Waals surface area contributed by atoms with Crippen molar-refractivity contribution in [3.63, 3.8) is 0 Å². The van der Waals surface area contributed by atoms with E-state index >= 15 is 0 Å². The van der Waals surface area contributed by atoms with Crippen molar-refractivity contribution in [3.05, 3.63) is 69.7 Å². The molecule has 6 rings (SSSR count). The smallest absolute Gasteiger partial charge is 0.273 e. The number of thiophene rings is 1. The minimum atomic E-state index is 0.188. The highest BCUT2D eigenvalue weighted by atomic mass is 32.1. The Morgan fingerprint density at radius 2 is 1.84 bits per heavy atom. The SMILES string of the molecule is Cc1nn(-c2ccccc2)c2c1C(C1CC1)N(C1CCN(Cc3ccsc3)CC1)C2=O. The lowest BCUT2D eigenvalue weighted by molar-refractivity contribution is 0.0448. The first kappa shape index (κ1) is 19.3. The molecule has 3 aromatic rings. The highest BCUT2D eigenvalue weighted by Crippen LogP contribution is 2.52. The molecule has 1 aromatic carbocycles. The number of fused-ring (bicyclic) bond motifs is 1. The van der Waals surface area contributed by atoms with Crippen molar-refractivity contribution in [2.24, 2.45) is 5.92 Å². The van der Waals surface area contributed by atoms with Gasteiger partial charge in [-0.3, -0.25) is 9.69 Å². The summed E-state index contributed by atoms with van der Waals surface area (Å²) in [5, 5.41) is 9.21. The van der Waals surface area contributed by atoms with E-state index in [4.69, 9.17) is 5.10 Å². The number of hydrogen-bond acceptors (Lipinski definition) is 4. The zero-order valence-electron chi connectivity index (χ0n) is 17.9. The lowest BCUT2D eigenvalue weighted by Gasteiger charge is -2.39. The van der Waals surface area contributed by atoms with Crippen LogP contribution in [0.4, 0.5) is 0 Å². The number of carbonyl (C=O) groups excluding carboxylic acids is 1. The molecule has 0 N–H and O–H groups in total. The number of piperidine rings is 1. The molecule has 1 atom stereocenters. The predicted molar refractivity (Wildman–Crippen MR) is 123 cm³/mol. The molecule has 1 saturated carbocycles. The third-order valence-corrected chi connectivity index (χ3v) is 7.88. The molecule has 31 heavy (non-hydrogen) atoms. The fraction of sp³-hybridized carbons (Fsp3) is 0.440. The van der Waals surface area contributed by atoms with Crippen molar-refractivity contribution in [2.75, 3.05) is 13.1 Å². The molecule has 2 aliphatic heterocycles. The first-order chi connectivity index (χ1) is 15.2. The molecule has 1 aliphatic carbocycles. The van der Waals surface area contributed by atoms with Gasteiger partial charge >= 0.3 is 0 Å². The maximum Gasteiger partial charge on any atom is 0.273 e. The molecular formula is C25H28N4OS. The van der Waals surface area contributed by atoms with Gasteiger partial charge in [-0.1, -0.05) is 18.2 Å². The number of likely N-dealkylation sites (tertiary alicyclic amines) is 1. The largest absolute Gasteiger partial charge is 0.327 e. The van der Waals surface area contributed by atoms with Crippen LogP contribution < -0.4 is 0 Å². The van der Waals surface area contributed by atoms with E-state index in [0.717, 1.165) is 49.6 Å². The molecule has 160 valence electrons. The zero-order chi connectivity index (χ0) is 20.9. The molecule has 2 fully saturated rings. The quantitative estimate of drug-likeness (QED) is 0.581. The lowest BCUT2D eigenvalue weighted by Crippen LogP contribution is -2.46. The molecule has 1 unspecified atom stereocenters. The summed E-state index contributed by atoms with van der Waals surface area (Å²) in [4.78, 5) is 18.6. The second-order valence-corrected chi connectivity index (χ2v) is 10.0. The van der Waals surface area contributed by atoms with Gasteiger partial charge in [-0.15, -0.1) is 0 Å². The first-order valence-electron chi connectivity index (χ1n) is 11.4. The minimum Gasteiger partial charge on any atom is -0.327 e. The van der Waals surface area contributed by atoms with Gasteiger partial charge in [-0.05, 0) is 73.0 Å². The number of rotatable bonds is 5. The number of hydrogen-bond donors (Lipinski definition) is 0. The van der Waals surface area contributed by atoms with Gasteiger partial charge in [0.25, 0.3) is 5.91 Å². The summed E-state index contributed by atoms with van der Waals surface area (Å²) in [7, 11) is 0. The topological polar surface area (TPSA) is 41.4 Å². The number of aryl methyl sites for hydroxylation is 1. The zero-order valence-corrected chi connectivity index (χ0v) is 18.7. The van der Waals surface area contributed by atoms with Gasteiger partial charge in [0.05, 0.1) is 17.4 Å². The van der Waals surface area contributed by atoms with E-state index in [0.29, 0.717) is 12.0 Å². The Kier molecular flexibility index (Phi) is 4.73. The molecule has 0 radical (unpaired) electrons. The second-order valence-electron chi connectivity index (χ2n) is 9.23. The average molecular weight is 433 g/mol. The first-order valence-corrected chi connectivity index (χ1v) is 12.4. The normalized spacial score (nSPS) is 22.3. The summed E-state index contributed by atoms with van der Waals surface area (Å²) in [6, 6.07) is 12.9. The molecular weight excluding hydrogens is 404 g/mol. The van der Waals surface area contributed by atoms with Crippen molar-refractivity contribution in [1.29, 1.82) is 0 Å². The maximum atomic E-state index is 13.8. The van der Waals surface area contributed by atoms with Crippen LogP contribution in [0, 0.1) is 12.8 Å². The molecule has 0 bridgehead atoms. The summed E-state index contributed by atoms with van der Waals surface area (Å²) < 4.78 is 1.90. The van der Waals surface area contributed by atoms with Crippen LogP contribution in [0.1, 0.15) is 59.0 Å². The van der Waals surface area contributed by atoms with Gasteiger partial charge in [-0.25, -0.2) is 4.68 Å². The predicted octanol–water partition coefficient (Wildman–Crippen LogP) is 4.81. The molecule has 0 spiro atoms. The summed E-state index contributed by atoms with van der Waals surface area (Å²) in [6.45, 7) is 5.22. The van der Waals surface area contributed by atoms with E-state index in [1.54, 1.807) is 11.3 Å². The number of amides is 1. The van der Waals surface area contributed by atoms with Gasteiger partial charge in [0.2, 0.25) is 0 Å². The van der Waals surface area contributed by atoms with Crippen LogP contribution in [0.25, 0.3) is 5.69 Å². The van der Waals surface area contributed by atoms with Gasteiger partial charge < -0.3 is 4.90 Å². The number of para-hydroxylation sites is 1. The number of benzene rings is 1. The average Bonchev–Trinajstić information content (AvgIpc) is 3.26. The van der Waals surface area contributed by atoms with Gasteiger partial charge in [0.1, 0.15) is 5.69 Å². The monoisotopic (exact) mass is 432 g/mol. The van der Waals surface area contributed by atoms with Crippen molar-refractivity contribution in [3.8, 4) is 5.69 Å². The van der Waals surface area contributed by atoms with Crippen LogP contribution in [0.2, 0.25) is 0 Å². The molecule has 4 heterocycles. The number of aromatic nitrogens is 2. The van der Waals surface area contributed by atoms with Crippen LogP contribution in [-0.4, -0.2) is 44.6 Å². The van der Waals surface area contributed by atoms with Crippen LogP contribution in [0.15, 0.2) is 47.2 Å². The van der Waals surface area contributed by atoms with E-state index in [-0.39, 0.29) is 11.9 Å². The Morgan fingerprint density at radius 1 is 1.06 bits per heavy atom. The fourth-order valence-corrected chi connectivity index (χ4v) is 6.17. The third kappa shape index (κ3) is 3.33.